The van der Waals surface area contributed by atoms with Gasteiger partial charge in [0.05, 0.1) is 15.0 Å². The van der Waals surface area contributed by atoms with Crippen LogP contribution in [0.1, 0.15) is 6.92 Å². The standard InChI is InChI=1S/C12H14BrN3O4/c1-12(6-14-7-12)20-5-11(17)15-8-2-3-9(13)10(4-8)16(18)19/h2-4,14H,5-7H2,1H3,(H,15,17). The molecule has 0 atom stereocenters. The van der Waals surface area contributed by atoms with Gasteiger partial charge in [0.1, 0.15) is 6.61 Å². The van der Waals surface area contributed by atoms with Crippen LogP contribution in [0.4, 0.5) is 11.4 Å². The summed E-state index contributed by atoms with van der Waals surface area (Å²) in [5, 5.41) is 16.4. The first-order valence-electron chi connectivity index (χ1n) is 5.98. The Bertz CT molecular complexity index is 546. The number of hydrogen-bond donors (Lipinski definition) is 2. The zero-order chi connectivity index (χ0) is 14.8. The molecular formula is C12H14BrN3O4. The normalized spacial score (nSPS) is 16.3. The van der Waals surface area contributed by atoms with Crippen molar-refractivity contribution in [1.82, 2.24) is 5.32 Å². The van der Waals surface area contributed by atoms with Crippen LogP contribution in [0.25, 0.3) is 0 Å². The number of nitro groups is 1. The average molecular weight is 344 g/mol. The molecule has 1 aromatic rings. The van der Waals surface area contributed by atoms with Crippen molar-refractivity contribution in [2.45, 2.75) is 12.5 Å². The van der Waals surface area contributed by atoms with Gasteiger partial charge in [0.15, 0.2) is 0 Å². The van der Waals surface area contributed by atoms with E-state index in [2.05, 4.69) is 26.6 Å². The Kier molecular flexibility index (Phi) is 4.36. The van der Waals surface area contributed by atoms with Gasteiger partial charge in [-0.2, -0.15) is 0 Å². The summed E-state index contributed by atoms with van der Waals surface area (Å²) in [6.45, 7) is 3.26. The van der Waals surface area contributed by atoms with Gasteiger partial charge in [-0.25, -0.2) is 0 Å². The number of nitrogens with zero attached hydrogens (tertiary/aromatic N) is 1. The van der Waals surface area contributed by atoms with Gasteiger partial charge in [0.2, 0.25) is 5.91 Å². The molecule has 0 spiro atoms. The van der Waals surface area contributed by atoms with E-state index < -0.39 is 4.92 Å². The summed E-state index contributed by atoms with van der Waals surface area (Å²) in [7, 11) is 0. The van der Waals surface area contributed by atoms with Crippen LogP contribution >= 0.6 is 15.9 Å². The number of halogens is 1. The summed E-state index contributed by atoms with van der Waals surface area (Å²) in [4.78, 5) is 22.0. The molecule has 2 N–H and O–H groups in total. The molecule has 1 saturated heterocycles. The molecule has 7 nitrogen and oxygen atoms in total. The van der Waals surface area contributed by atoms with Gasteiger partial charge >= 0.3 is 0 Å². The Hall–Kier alpha value is -1.51. The van der Waals surface area contributed by atoms with E-state index in [4.69, 9.17) is 4.74 Å². The maximum absolute atomic E-state index is 11.7. The number of benzene rings is 1. The lowest BCUT2D eigenvalue weighted by molar-refractivity contribution is -0.385. The predicted octanol–water partition coefficient (Wildman–Crippen LogP) is 1.67. The van der Waals surface area contributed by atoms with E-state index in [0.717, 1.165) is 0 Å². The first-order valence-corrected chi connectivity index (χ1v) is 6.77. The largest absolute Gasteiger partial charge is 0.363 e. The van der Waals surface area contributed by atoms with E-state index in [1.165, 1.54) is 12.1 Å². The van der Waals surface area contributed by atoms with E-state index in [0.29, 0.717) is 23.2 Å². The Morgan fingerprint density at radius 2 is 2.30 bits per heavy atom. The third-order valence-corrected chi connectivity index (χ3v) is 3.65. The summed E-state index contributed by atoms with van der Waals surface area (Å²) in [5.74, 6) is -0.338. The molecule has 1 fully saturated rings. The Balaban J connectivity index is 1.94. The van der Waals surface area contributed by atoms with Gasteiger partial charge in [0.25, 0.3) is 5.69 Å². The van der Waals surface area contributed by atoms with Gasteiger partial charge in [0, 0.05) is 24.8 Å². The lowest BCUT2D eigenvalue weighted by Gasteiger charge is -2.38. The fourth-order valence-corrected chi connectivity index (χ4v) is 2.14. The third-order valence-electron chi connectivity index (χ3n) is 2.98. The minimum absolute atomic E-state index is 0.0813. The van der Waals surface area contributed by atoms with Crippen molar-refractivity contribution >= 4 is 33.2 Å². The quantitative estimate of drug-likeness (QED) is 0.626. The number of carbonyl (C=O) groups is 1. The molecular weight excluding hydrogens is 330 g/mol. The average Bonchev–Trinajstić information content (AvgIpc) is 2.36. The molecule has 1 aliphatic rings. The van der Waals surface area contributed by atoms with Crippen LogP contribution in [-0.2, 0) is 9.53 Å². The van der Waals surface area contributed by atoms with Gasteiger partial charge < -0.3 is 15.4 Å². The molecule has 108 valence electrons. The molecule has 2 rings (SSSR count). The van der Waals surface area contributed by atoms with Gasteiger partial charge in [-0.3, -0.25) is 14.9 Å². The molecule has 1 amide bonds. The second-order valence-corrected chi connectivity index (χ2v) is 5.67. The van der Waals surface area contributed by atoms with Crippen LogP contribution < -0.4 is 10.6 Å². The summed E-state index contributed by atoms with van der Waals surface area (Å²) < 4.78 is 5.85. The van der Waals surface area contributed by atoms with Gasteiger partial charge in [-0.05, 0) is 35.0 Å². The number of ether oxygens (including phenoxy) is 1. The van der Waals surface area contributed by atoms with Crippen molar-refractivity contribution in [3.8, 4) is 0 Å². The molecule has 20 heavy (non-hydrogen) atoms. The number of rotatable bonds is 5. The number of carbonyl (C=O) groups excluding carboxylic acids is 1. The Morgan fingerprint density at radius 1 is 1.60 bits per heavy atom. The molecule has 0 aliphatic carbocycles. The smallest absolute Gasteiger partial charge is 0.285 e. The molecule has 1 aliphatic heterocycles. The van der Waals surface area contributed by atoms with E-state index in [-0.39, 0.29) is 23.8 Å². The second kappa shape index (κ2) is 5.86. The van der Waals surface area contributed by atoms with Crippen molar-refractivity contribution in [2.24, 2.45) is 0 Å². The summed E-state index contributed by atoms with van der Waals surface area (Å²) in [6, 6.07) is 4.40. The van der Waals surface area contributed by atoms with Crippen molar-refractivity contribution in [3.05, 3.63) is 32.8 Å². The first kappa shape index (κ1) is 14.9. The number of amides is 1. The van der Waals surface area contributed by atoms with Gasteiger partial charge in [-0.1, -0.05) is 0 Å². The van der Waals surface area contributed by atoms with Crippen LogP contribution in [0.2, 0.25) is 0 Å². The molecule has 0 saturated carbocycles. The van der Waals surface area contributed by atoms with Crippen LogP contribution in [0.15, 0.2) is 22.7 Å². The zero-order valence-electron chi connectivity index (χ0n) is 10.8. The highest BCUT2D eigenvalue weighted by Crippen LogP contribution is 2.27. The van der Waals surface area contributed by atoms with E-state index >= 15 is 0 Å². The summed E-state index contributed by atoms with van der Waals surface area (Å²) >= 11 is 3.09. The number of nitrogens with one attached hydrogen (secondary N) is 2. The molecule has 0 bridgehead atoms. The van der Waals surface area contributed by atoms with Crippen LogP contribution in [0.3, 0.4) is 0 Å². The van der Waals surface area contributed by atoms with Crippen LogP contribution in [0.5, 0.6) is 0 Å². The molecule has 8 heteroatoms. The van der Waals surface area contributed by atoms with E-state index in [1.54, 1.807) is 6.07 Å². The zero-order valence-corrected chi connectivity index (χ0v) is 12.4. The van der Waals surface area contributed by atoms with Crippen LogP contribution in [-0.4, -0.2) is 36.1 Å². The lowest BCUT2D eigenvalue weighted by atomic mass is 10.0. The minimum atomic E-state index is -0.517. The number of nitro benzene ring substituents is 1. The maximum atomic E-state index is 11.7. The molecule has 1 heterocycles. The van der Waals surface area contributed by atoms with Crippen molar-refractivity contribution in [3.63, 3.8) is 0 Å². The second-order valence-electron chi connectivity index (χ2n) is 4.81. The highest BCUT2D eigenvalue weighted by Gasteiger charge is 2.33. The van der Waals surface area contributed by atoms with Crippen molar-refractivity contribution < 1.29 is 14.5 Å². The fraction of sp³-hybridized carbons (Fsp3) is 0.417. The molecule has 1 aromatic carbocycles. The maximum Gasteiger partial charge on any atom is 0.285 e. The topological polar surface area (TPSA) is 93.5 Å². The fourth-order valence-electron chi connectivity index (χ4n) is 1.75. The van der Waals surface area contributed by atoms with Crippen molar-refractivity contribution in [2.75, 3.05) is 25.0 Å². The Labute approximate surface area is 124 Å². The Morgan fingerprint density at radius 3 is 2.85 bits per heavy atom. The lowest BCUT2D eigenvalue weighted by Crippen LogP contribution is -2.59. The first-order chi connectivity index (χ1) is 9.39. The predicted molar refractivity (Wildman–Crippen MR) is 76.7 cm³/mol. The third kappa shape index (κ3) is 3.53. The highest BCUT2D eigenvalue weighted by atomic mass is 79.9. The molecule has 0 unspecified atom stereocenters. The van der Waals surface area contributed by atoms with E-state index in [9.17, 15) is 14.9 Å². The monoisotopic (exact) mass is 343 g/mol. The highest BCUT2D eigenvalue weighted by molar-refractivity contribution is 9.10. The SMILES string of the molecule is CC1(OCC(=O)Nc2ccc(Br)c([N+](=O)[O-])c2)CNC1. The van der Waals surface area contributed by atoms with E-state index in [1.807, 2.05) is 6.92 Å². The summed E-state index contributed by atoms with van der Waals surface area (Å²) in [6.07, 6.45) is 0. The van der Waals surface area contributed by atoms with Crippen LogP contribution in [0, 0.1) is 10.1 Å². The number of anilines is 1. The van der Waals surface area contributed by atoms with Gasteiger partial charge in [-0.15, -0.1) is 0 Å². The van der Waals surface area contributed by atoms with Crippen molar-refractivity contribution in [1.29, 1.82) is 0 Å². The minimum Gasteiger partial charge on any atom is -0.363 e. The number of hydrogen-bond acceptors (Lipinski definition) is 5. The molecule has 0 radical (unpaired) electrons. The summed E-state index contributed by atoms with van der Waals surface area (Å²) in [5.41, 5.74) is -0.0347. The molecule has 0 aromatic heterocycles.